The SMILES string of the molecule is CC1CN(c2ccc(N(c3nc4c(OCc5cccc(Cl)c5)cccn4n3)N(c3cccc(N4CCN(C)CC4)c3)c3nc4c(OCc5cccc(Cl)c5)cccn4n3)cc2)CCN1. The number of nitrogens with zero attached hydrogens (tertiary/aromatic N) is 11. The molecule has 2 aliphatic heterocycles. The first-order valence-electron chi connectivity index (χ1n) is 21.5. The van der Waals surface area contributed by atoms with Crippen molar-refractivity contribution < 1.29 is 9.47 Å². The molecule has 10 rings (SSSR count). The number of hydrazine groups is 1. The summed E-state index contributed by atoms with van der Waals surface area (Å²) in [6.07, 6.45) is 3.74. The second-order valence-corrected chi connectivity index (χ2v) is 17.1. The van der Waals surface area contributed by atoms with Crippen molar-refractivity contribution >= 4 is 69.1 Å². The molecule has 0 amide bonds. The van der Waals surface area contributed by atoms with E-state index in [0.717, 1.165) is 79.7 Å². The molecule has 14 nitrogen and oxygen atoms in total. The van der Waals surface area contributed by atoms with Crippen LogP contribution in [0.2, 0.25) is 10.0 Å². The summed E-state index contributed by atoms with van der Waals surface area (Å²) in [5.74, 6) is 1.90. The van der Waals surface area contributed by atoms with Crippen molar-refractivity contribution in [1.29, 1.82) is 0 Å². The molecule has 0 saturated carbocycles. The fourth-order valence-electron chi connectivity index (χ4n) is 8.22. The normalized spacial score (nSPS) is 15.8. The van der Waals surface area contributed by atoms with Crippen molar-refractivity contribution in [3.63, 3.8) is 0 Å². The molecule has 0 spiro atoms. The Morgan fingerprint density at radius 2 is 1.19 bits per heavy atom. The molecule has 64 heavy (non-hydrogen) atoms. The van der Waals surface area contributed by atoms with Gasteiger partial charge < -0.3 is 29.5 Å². The Labute approximate surface area is 381 Å². The van der Waals surface area contributed by atoms with E-state index in [0.29, 0.717) is 64.0 Å². The maximum absolute atomic E-state index is 6.41. The van der Waals surface area contributed by atoms with E-state index in [1.807, 2.05) is 95.2 Å². The number of pyridine rings is 2. The molecule has 326 valence electrons. The van der Waals surface area contributed by atoms with Crippen molar-refractivity contribution in [2.24, 2.45) is 0 Å². The van der Waals surface area contributed by atoms with Gasteiger partial charge >= 0.3 is 0 Å². The van der Waals surface area contributed by atoms with E-state index >= 15 is 0 Å². The molecule has 8 aromatic rings. The number of piperazine rings is 2. The third-order valence-corrected chi connectivity index (χ3v) is 12.0. The number of aromatic nitrogens is 6. The number of ether oxygens (including phenoxy) is 2. The quantitative estimate of drug-likeness (QED) is 0.112. The Kier molecular flexibility index (Phi) is 11.8. The second-order valence-electron chi connectivity index (χ2n) is 16.2. The average molecular weight is 896 g/mol. The monoisotopic (exact) mass is 894 g/mol. The van der Waals surface area contributed by atoms with Crippen LogP contribution in [0.1, 0.15) is 18.1 Å². The molecule has 1 N–H and O–H groups in total. The molecule has 6 heterocycles. The number of hydrogen-bond acceptors (Lipinski definition) is 12. The van der Waals surface area contributed by atoms with Crippen LogP contribution >= 0.6 is 23.2 Å². The lowest BCUT2D eigenvalue weighted by Gasteiger charge is -2.36. The van der Waals surface area contributed by atoms with Gasteiger partial charge in [-0.05, 0) is 116 Å². The van der Waals surface area contributed by atoms with Gasteiger partial charge in [-0.1, -0.05) is 53.5 Å². The van der Waals surface area contributed by atoms with E-state index in [1.165, 1.54) is 0 Å². The number of anilines is 6. The third-order valence-electron chi connectivity index (χ3n) is 11.5. The zero-order chi connectivity index (χ0) is 43.6. The molecule has 2 fully saturated rings. The molecule has 0 aliphatic carbocycles. The average Bonchev–Trinajstić information content (AvgIpc) is 3.95. The summed E-state index contributed by atoms with van der Waals surface area (Å²) >= 11 is 12.6. The van der Waals surface area contributed by atoms with E-state index in [1.54, 1.807) is 9.03 Å². The van der Waals surface area contributed by atoms with Gasteiger partial charge in [-0.3, -0.25) is 0 Å². The first kappa shape index (κ1) is 41.4. The van der Waals surface area contributed by atoms with Gasteiger partial charge in [0.2, 0.25) is 0 Å². The van der Waals surface area contributed by atoms with E-state index in [9.17, 15) is 0 Å². The van der Waals surface area contributed by atoms with Crippen LogP contribution in [0.4, 0.5) is 34.6 Å². The Hall–Kier alpha value is -6.58. The second kappa shape index (κ2) is 18.3. The standard InChI is InChI=1S/C48H48Cl2N12O2/c1-34-31-58(23-20-51-34)39-16-18-40(19-17-39)61(47-52-45-43(14-6-21-59(45)54-47)63-32-35-8-3-10-37(49)28-35)62(42-13-5-12-41(30-42)57-26-24-56(2)25-27-57)48-53-46-44(15-7-22-60(46)55-48)64-33-36-9-4-11-38(50)29-36/h3-19,21-22,28-30,34,51H,20,23-27,31-33H2,1-2H3. The molecule has 16 heteroatoms. The van der Waals surface area contributed by atoms with Crippen LogP contribution in [-0.4, -0.2) is 93.0 Å². The van der Waals surface area contributed by atoms with Crippen LogP contribution in [0, 0.1) is 0 Å². The summed E-state index contributed by atoms with van der Waals surface area (Å²) in [5, 5.41) is 19.1. The Balaban J connectivity index is 1.11. The van der Waals surface area contributed by atoms with Crippen LogP contribution in [-0.2, 0) is 13.2 Å². The predicted octanol–water partition coefficient (Wildman–Crippen LogP) is 8.68. The number of hydrogen-bond donors (Lipinski definition) is 1. The summed E-state index contributed by atoms with van der Waals surface area (Å²) in [6.45, 7) is 9.31. The molecule has 4 aromatic heterocycles. The minimum absolute atomic E-state index is 0.302. The summed E-state index contributed by atoms with van der Waals surface area (Å²) in [7, 11) is 2.17. The molecular weight excluding hydrogens is 848 g/mol. The van der Waals surface area contributed by atoms with Gasteiger partial charge in [-0.25, -0.2) is 19.0 Å². The van der Waals surface area contributed by atoms with Crippen LogP contribution in [0.15, 0.2) is 134 Å². The van der Waals surface area contributed by atoms with Gasteiger partial charge in [-0.2, -0.15) is 9.97 Å². The highest BCUT2D eigenvalue weighted by Gasteiger charge is 2.31. The Bertz CT molecular complexity index is 2880. The fraction of sp³-hybridized carbons (Fsp3) is 0.250. The molecular formula is C48H48Cl2N12O2. The van der Waals surface area contributed by atoms with E-state index < -0.39 is 0 Å². The first-order chi connectivity index (χ1) is 31.3. The minimum Gasteiger partial charge on any atom is -0.485 e. The third kappa shape index (κ3) is 8.95. The van der Waals surface area contributed by atoms with Gasteiger partial charge in [-0.15, -0.1) is 10.2 Å². The van der Waals surface area contributed by atoms with Crippen molar-refractivity contribution in [3.8, 4) is 11.5 Å². The fourth-order valence-corrected chi connectivity index (χ4v) is 8.65. The number of benzene rings is 4. The molecule has 1 atom stereocenters. The smallest absolute Gasteiger partial charge is 0.269 e. The van der Waals surface area contributed by atoms with E-state index in [4.69, 9.17) is 52.8 Å². The van der Waals surface area contributed by atoms with E-state index in [2.05, 4.69) is 82.5 Å². The zero-order valence-electron chi connectivity index (χ0n) is 35.6. The van der Waals surface area contributed by atoms with Crippen LogP contribution < -0.4 is 34.6 Å². The highest BCUT2D eigenvalue weighted by Crippen LogP contribution is 2.38. The summed E-state index contributed by atoms with van der Waals surface area (Å²) in [6, 6.07) is 40.3. The number of halogens is 2. The lowest BCUT2D eigenvalue weighted by Crippen LogP contribution is -2.49. The first-order valence-corrected chi connectivity index (χ1v) is 22.2. The summed E-state index contributed by atoms with van der Waals surface area (Å²) < 4.78 is 16.3. The molecule has 4 aromatic carbocycles. The van der Waals surface area contributed by atoms with Gasteiger partial charge in [0, 0.05) is 85.7 Å². The van der Waals surface area contributed by atoms with Crippen molar-refractivity contribution in [1.82, 2.24) is 39.4 Å². The maximum atomic E-state index is 6.41. The van der Waals surface area contributed by atoms with Crippen molar-refractivity contribution in [2.75, 3.05) is 72.7 Å². The largest absolute Gasteiger partial charge is 0.485 e. The summed E-state index contributed by atoms with van der Waals surface area (Å²) in [4.78, 5) is 17.6. The number of likely N-dealkylation sites (N-methyl/N-ethyl adjacent to an activating group) is 1. The highest BCUT2D eigenvalue weighted by atomic mass is 35.5. The van der Waals surface area contributed by atoms with Gasteiger partial charge in [0.05, 0.1) is 11.4 Å². The van der Waals surface area contributed by atoms with Gasteiger partial charge in [0.25, 0.3) is 11.9 Å². The number of nitrogens with one attached hydrogen (secondary N) is 1. The van der Waals surface area contributed by atoms with Gasteiger partial charge in [0.15, 0.2) is 22.8 Å². The highest BCUT2D eigenvalue weighted by molar-refractivity contribution is 6.30. The van der Waals surface area contributed by atoms with Crippen LogP contribution in [0.5, 0.6) is 11.5 Å². The number of fused-ring (bicyclic) bond motifs is 2. The van der Waals surface area contributed by atoms with Crippen molar-refractivity contribution in [3.05, 3.63) is 155 Å². The molecule has 0 bridgehead atoms. The Morgan fingerprint density at radius 3 is 1.77 bits per heavy atom. The number of rotatable bonds is 13. The maximum Gasteiger partial charge on any atom is 0.269 e. The van der Waals surface area contributed by atoms with E-state index in [-0.39, 0.29) is 0 Å². The molecule has 1 unspecified atom stereocenters. The zero-order valence-corrected chi connectivity index (χ0v) is 37.1. The Morgan fingerprint density at radius 1 is 0.609 bits per heavy atom. The lowest BCUT2D eigenvalue weighted by atomic mass is 10.2. The van der Waals surface area contributed by atoms with Gasteiger partial charge in [0.1, 0.15) is 13.2 Å². The summed E-state index contributed by atoms with van der Waals surface area (Å²) in [5.41, 5.74) is 6.80. The lowest BCUT2D eigenvalue weighted by molar-refractivity contribution is 0.308. The topological polar surface area (TPSA) is 107 Å². The van der Waals surface area contributed by atoms with Crippen molar-refractivity contribution in [2.45, 2.75) is 26.2 Å². The molecule has 2 saturated heterocycles. The predicted molar refractivity (Wildman–Crippen MR) is 254 cm³/mol. The van der Waals surface area contributed by atoms with Crippen LogP contribution in [0.25, 0.3) is 11.3 Å². The molecule has 2 aliphatic rings. The van der Waals surface area contributed by atoms with Crippen LogP contribution in [0.3, 0.4) is 0 Å². The minimum atomic E-state index is 0.302. The molecule has 0 radical (unpaired) electrons.